The van der Waals surface area contributed by atoms with Crippen LogP contribution in [0.3, 0.4) is 0 Å². The smallest absolute Gasteiger partial charge is 0.293 e. The van der Waals surface area contributed by atoms with Crippen LogP contribution in [0.1, 0.15) is 23.1 Å². The SMILES string of the molecule is O=C1S/C(=C/c2ccc(OCc3ccccc3F)c(I)c2)C(=O)N1CCCc1ccccc1. The summed E-state index contributed by atoms with van der Waals surface area (Å²) in [7, 11) is 0. The van der Waals surface area contributed by atoms with Crippen LogP contribution in [-0.4, -0.2) is 22.6 Å². The van der Waals surface area contributed by atoms with Crippen molar-refractivity contribution in [3.05, 3.63) is 104 Å². The lowest BCUT2D eigenvalue weighted by molar-refractivity contribution is -0.122. The Kier molecular flexibility index (Phi) is 7.82. The van der Waals surface area contributed by atoms with E-state index in [-0.39, 0.29) is 23.6 Å². The first-order valence-corrected chi connectivity index (χ1v) is 12.4. The van der Waals surface area contributed by atoms with Crippen LogP contribution in [0.4, 0.5) is 9.18 Å². The predicted octanol–water partition coefficient (Wildman–Crippen LogP) is 6.68. The highest BCUT2D eigenvalue weighted by molar-refractivity contribution is 14.1. The highest BCUT2D eigenvalue weighted by atomic mass is 127. The van der Waals surface area contributed by atoms with E-state index in [2.05, 4.69) is 22.6 Å². The minimum Gasteiger partial charge on any atom is -0.488 e. The molecule has 0 unspecified atom stereocenters. The number of imide groups is 1. The third-order valence-electron chi connectivity index (χ3n) is 5.16. The molecular weight excluding hydrogens is 552 g/mol. The largest absolute Gasteiger partial charge is 0.488 e. The van der Waals surface area contributed by atoms with Crippen LogP contribution >= 0.6 is 34.4 Å². The molecule has 1 aliphatic heterocycles. The summed E-state index contributed by atoms with van der Waals surface area (Å²) in [6, 6.07) is 22.0. The summed E-state index contributed by atoms with van der Waals surface area (Å²) in [5.74, 6) is 0.0709. The van der Waals surface area contributed by atoms with Crippen LogP contribution in [0.5, 0.6) is 5.75 Å². The molecule has 168 valence electrons. The molecule has 1 aliphatic rings. The number of amides is 2. The number of thioether (sulfide) groups is 1. The van der Waals surface area contributed by atoms with Crippen molar-refractivity contribution in [3.8, 4) is 5.75 Å². The maximum atomic E-state index is 13.8. The molecule has 33 heavy (non-hydrogen) atoms. The number of ether oxygens (including phenoxy) is 1. The number of hydrogen-bond acceptors (Lipinski definition) is 4. The number of hydrogen-bond donors (Lipinski definition) is 0. The fourth-order valence-corrected chi connectivity index (χ4v) is 4.99. The molecular formula is C26H21FINO3S. The number of halogens is 2. The Morgan fingerprint density at radius 2 is 1.76 bits per heavy atom. The van der Waals surface area contributed by atoms with Crippen LogP contribution in [0.15, 0.2) is 77.7 Å². The Balaban J connectivity index is 1.37. The van der Waals surface area contributed by atoms with Gasteiger partial charge in [0, 0.05) is 12.1 Å². The normalized spacial score (nSPS) is 14.8. The number of rotatable bonds is 8. The first kappa shape index (κ1) is 23.5. The molecule has 3 aromatic rings. The molecule has 4 rings (SSSR count). The lowest BCUT2D eigenvalue weighted by Crippen LogP contribution is -2.29. The Hall–Kier alpha value is -2.65. The molecule has 2 amide bonds. The van der Waals surface area contributed by atoms with Gasteiger partial charge in [-0.25, -0.2) is 4.39 Å². The first-order chi connectivity index (χ1) is 16.0. The molecule has 3 aromatic carbocycles. The molecule has 0 aliphatic carbocycles. The summed E-state index contributed by atoms with van der Waals surface area (Å²) in [5.41, 5.74) is 2.47. The van der Waals surface area contributed by atoms with Gasteiger partial charge < -0.3 is 4.74 Å². The summed E-state index contributed by atoms with van der Waals surface area (Å²) in [4.78, 5) is 26.9. The third kappa shape index (κ3) is 6.03. The van der Waals surface area contributed by atoms with Crippen molar-refractivity contribution in [2.45, 2.75) is 19.4 Å². The van der Waals surface area contributed by atoms with Crippen molar-refractivity contribution in [3.63, 3.8) is 0 Å². The highest BCUT2D eigenvalue weighted by Crippen LogP contribution is 2.33. The summed E-state index contributed by atoms with van der Waals surface area (Å²) >= 11 is 3.11. The summed E-state index contributed by atoms with van der Waals surface area (Å²) < 4.78 is 20.4. The average Bonchev–Trinajstić information content (AvgIpc) is 3.07. The van der Waals surface area contributed by atoms with Gasteiger partial charge in [-0.15, -0.1) is 0 Å². The van der Waals surface area contributed by atoms with Crippen LogP contribution in [-0.2, 0) is 17.8 Å². The second-order valence-corrected chi connectivity index (χ2v) is 9.65. The van der Waals surface area contributed by atoms with Gasteiger partial charge in [-0.3, -0.25) is 14.5 Å². The van der Waals surface area contributed by atoms with Crippen molar-refractivity contribution in [2.24, 2.45) is 0 Å². The maximum absolute atomic E-state index is 13.8. The van der Waals surface area contributed by atoms with E-state index in [1.807, 2.05) is 42.5 Å². The van der Waals surface area contributed by atoms with Gasteiger partial charge in [0.15, 0.2) is 0 Å². The standard InChI is InChI=1S/C26H21FINO3S/c27-21-11-5-4-10-20(21)17-32-23-13-12-19(15-22(23)28)16-24-25(30)29(26(31)33-24)14-6-9-18-7-2-1-3-8-18/h1-5,7-8,10-13,15-16H,6,9,14,17H2/b24-16+. The van der Waals surface area contributed by atoms with Gasteiger partial charge in [-0.1, -0.05) is 54.6 Å². The van der Waals surface area contributed by atoms with Gasteiger partial charge in [-0.2, -0.15) is 0 Å². The minimum absolute atomic E-state index is 0.129. The van der Waals surface area contributed by atoms with Crippen molar-refractivity contribution < 1.29 is 18.7 Å². The fraction of sp³-hybridized carbons (Fsp3) is 0.154. The Labute approximate surface area is 210 Å². The van der Waals surface area contributed by atoms with Crippen molar-refractivity contribution in [2.75, 3.05) is 6.54 Å². The molecule has 0 N–H and O–H groups in total. The zero-order chi connectivity index (χ0) is 23.2. The van der Waals surface area contributed by atoms with E-state index >= 15 is 0 Å². The Morgan fingerprint density at radius 1 is 1.00 bits per heavy atom. The second kappa shape index (κ2) is 11.0. The van der Waals surface area contributed by atoms with Crippen LogP contribution in [0, 0.1) is 9.39 Å². The molecule has 0 aromatic heterocycles. The van der Waals surface area contributed by atoms with Crippen LogP contribution in [0.25, 0.3) is 6.08 Å². The van der Waals surface area contributed by atoms with Gasteiger partial charge >= 0.3 is 0 Å². The van der Waals surface area contributed by atoms with Crippen molar-refractivity contribution in [1.82, 2.24) is 4.90 Å². The quantitative estimate of drug-likeness (QED) is 0.223. The molecule has 1 fully saturated rings. The molecule has 7 heteroatoms. The van der Waals surface area contributed by atoms with Crippen LogP contribution < -0.4 is 4.74 Å². The van der Waals surface area contributed by atoms with E-state index in [0.29, 0.717) is 22.8 Å². The predicted molar refractivity (Wildman–Crippen MR) is 137 cm³/mol. The molecule has 4 nitrogen and oxygen atoms in total. The summed E-state index contributed by atoms with van der Waals surface area (Å²) in [6.45, 7) is 0.529. The Bertz CT molecular complexity index is 1200. The highest BCUT2D eigenvalue weighted by Gasteiger charge is 2.34. The number of benzene rings is 3. The lowest BCUT2D eigenvalue weighted by atomic mass is 10.1. The summed E-state index contributed by atoms with van der Waals surface area (Å²) in [6.07, 6.45) is 3.26. The molecule has 1 heterocycles. The molecule has 0 bridgehead atoms. The zero-order valence-corrected chi connectivity index (χ0v) is 20.6. The van der Waals surface area contributed by atoms with Gasteiger partial charge in [-0.05, 0) is 82.6 Å². The summed E-state index contributed by atoms with van der Waals surface area (Å²) in [5, 5.41) is -0.237. The van der Waals surface area contributed by atoms with Crippen LogP contribution in [0.2, 0.25) is 0 Å². The van der Waals surface area contributed by atoms with E-state index in [1.54, 1.807) is 30.3 Å². The van der Waals surface area contributed by atoms with Crippen molar-refractivity contribution in [1.29, 1.82) is 0 Å². The van der Waals surface area contributed by atoms with E-state index in [9.17, 15) is 14.0 Å². The molecule has 0 radical (unpaired) electrons. The van der Waals surface area contributed by atoms with Crippen molar-refractivity contribution >= 4 is 51.6 Å². The van der Waals surface area contributed by atoms with E-state index in [4.69, 9.17) is 4.74 Å². The molecule has 0 atom stereocenters. The number of carbonyl (C=O) groups is 2. The molecule has 0 saturated carbocycles. The minimum atomic E-state index is -0.302. The van der Waals surface area contributed by atoms with Gasteiger partial charge in [0.2, 0.25) is 0 Å². The zero-order valence-electron chi connectivity index (χ0n) is 17.7. The second-order valence-electron chi connectivity index (χ2n) is 7.49. The van der Waals surface area contributed by atoms with Gasteiger partial charge in [0.25, 0.3) is 11.1 Å². The maximum Gasteiger partial charge on any atom is 0.293 e. The molecule has 0 spiro atoms. The number of carbonyl (C=O) groups excluding carboxylic acids is 2. The van der Waals surface area contributed by atoms with Gasteiger partial charge in [0.05, 0.1) is 8.48 Å². The lowest BCUT2D eigenvalue weighted by Gasteiger charge is -2.12. The fourth-order valence-electron chi connectivity index (χ4n) is 3.43. The van der Waals surface area contributed by atoms with E-state index in [0.717, 1.165) is 33.7 Å². The monoisotopic (exact) mass is 573 g/mol. The number of aryl methyl sites for hydroxylation is 1. The number of nitrogens with zero attached hydrogens (tertiary/aromatic N) is 1. The first-order valence-electron chi connectivity index (χ1n) is 10.5. The van der Waals surface area contributed by atoms with E-state index in [1.165, 1.54) is 16.5 Å². The van der Waals surface area contributed by atoms with E-state index < -0.39 is 0 Å². The van der Waals surface area contributed by atoms with Gasteiger partial charge in [0.1, 0.15) is 18.2 Å². The third-order valence-corrected chi connectivity index (χ3v) is 6.91. The molecule has 1 saturated heterocycles. The average molecular weight is 573 g/mol. The Morgan fingerprint density at radius 3 is 2.52 bits per heavy atom. The topological polar surface area (TPSA) is 46.6 Å².